The van der Waals surface area contributed by atoms with Crippen LogP contribution in [0.3, 0.4) is 0 Å². The lowest BCUT2D eigenvalue weighted by atomic mass is 9.97. The normalized spacial score (nSPS) is 22.0. The fraction of sp³-hybridized carbons (Fsp3) is 0.500. The van der Waals surface area contributed by atoms with Crippen LogP contribution < -0.4 is 0 Å². The minimum atomic E-state index is -0.557. The van der Waals surface area contributed by atoms with Gasteiger partial charge in [0, 0.05) is 18.2 Å². The van der Waals surface area contributed by atoms with Gasteiger partial charge >= 0.3 is 5.97 Å². The third-order valence-corrected chi connectivity index (χ3v) is 4.22. The van der Waals surface area contributed by atoms with Crippen molar-refractivity contribution in [2.75, 3.05) is 6.61 Å². The van der Waals surface area contributed by atoms with Crippen molar-refractivity contribution < 1.29 is 18.7 Å². The van der Waals surface area contributed by atoms with Crippen LogP contribution in [0.25, 0.3) is 6.08 Å². The molecule has 1 amide bonds. The van der Waals surface area contributed by atoms with Gasteiger partial charge in [0.1, 0.15) is 5.76 Å². The van der Waals surface area contributed by atoms with Crippen molar-refractivity contribution in [2.45, 2.75) is 45.2 Å². The number of hydrogen-bond acceptors (Lipinski definition) is 4. The summed E-state index contributed by atoms with van der Waals surface area (Å²) in [4.78, 5) is 25.7. The second kappa shape index (κ2) is 7.63. The van der Waals surface area contributed by atoms with E-state index >= 15 is 0 Å². The van der Waals surface area contributed by atoms with Crippen LogP contribution in [0.2, 0.25) is 0 Å². The first-order valence-electron chi connectivity index (χ1n) is 7.38. The van der Waals surface area contributed by atoms with Crippen LogP contribution in [0.15, 0.2) is 27.3 Å². The van der Waals surface area contributed by atoms with E-state index in [1.165, 1.54) is 12.2 Å². The number of hydrogen-bond donors (Lipinski definition) is 0. The predicted octanol–water partition coefficient (Wildman–Crippen LogP) is 3.39. The van der Waals surface area contributed by atoms with Crippen LogP contribution in [0.1, 0.15) is 38.9 Å². The van der Waals surface area contributed by atoms with E-state index in [9.17, 15) is 9.59 Å². The van der Waals surface area contributed by atoms with Crippen molar-refractivity contribution in [3.63, 3.8) is 0 Å². The van der Waals surface area contributed by atoms with Crippen molar-refractivity contribution in [1.29, 1.82) is 0 Å². The molecular formula is C16H20BrNO4. The van der Waals surface area contributed by atoms with Gasteiger partial charge in [0.15, 0.2) is 11.3 Å². The third kappa shape index (κ3) is 4.47. The van der Waals surface area contributed by atoms with Crippen molar-refractivity contribution in [3.8, 4) is 0 Å². The highest BCUT2D eigenvalue weighted by Gasteiger charge is 2.29. The van der Waals surface area contributed by atoms with Gasteiger partial charge in [-0.1, -0.05) is 0 Å². The Morgan fingerprint density at radius 3 is 2.64 bits per heavy atom. The Kier molecular flexibility index (Phi) is 5.83. The standard InChI is InChI=1S/C16H20BrNO4/c1-11-4-3-5-12(2)18(11)15(19)10-21-16(20)9-7-13-6-8-14(17)22-13/h6-9,11-12H,3-5,10H2,1-2H3/b9-7+/t11-,12-/m0/s1. The molecule has 1 aromatic rings. The maximum Gasteiger partial charge on any atom is 0.331 e. The molecule has 5 nitrogen and oxygen atoms in total. The molecule has 0 aliphatic carbocycles. The average Bonchev–Trinajstić information content (AvgIpc) is 2.88. The third-order valence-electron chi connectivity index (χ3n) is 3.80. The number of nitrogens with zero attached hydrogens (tertiary/aromatic N) is 1. The Hall–Kier alpha value is -1.56. The largest absolute Gasteiger partial charge is 0.452 e. The molecule has 1 aliphatic heterocycles. The van der Waals surface area contributed by atoms with Crippen LogP contribution in [0.4, 0.5) is 0 Å². The van der Waals surface area contributed by atoms with Crippen molar-refractivity contribution in [3.05, 3.63) is 28.6 Å². The quantitative estimate of drug-likeness (QED) is 0.602. The summed E-state index contributed by atoms with van der Waals surface area (Å²) in [6, 6.07) is 3.85. The van der Waals surface area contributed by atoms with Gasteiger partial charge in [-0.15, -0.1) is 0 Å². The first kappa shape index (κ1) is 16.8. The zero-order chi connectivity index (χ0) is 16.1. The van der Waals surface area contributed by atoms with E-state index in [4.69, 9.17) is 9.15 Å². The fourth-order valence-electron chi connectivity index (χ4n) is 2.74. The maximum absolute atomic E-state index is 12.2. The maximum atomic E-state index is 12.2. The minimum Gasteiger partial charge on any atom is -0.452 e. The van der Waals surface area contributed by atoms with Crippen molar-refractivity contribution in [1.82, 2.24) is 4.90 Å². The molecular weight excluding hydrogens is 350 g/mol. The number of amides is 1. The molecule has 0 bridgehead atoms. The Bertz CT molecular complexity index is 556. The molecule has 120 valence electrons. The highest BCUT2D eigenvalue weighted by molar-refractivity contribution is 9.10. The average molecular weight is 370 g/mol. The number of furan rings is 1. The zero-order valence-corrected chi connectivity index (χ0v) is 14.3. The lowest BCUT2D eigenvalue weighted by Gasteiger charge is -2.38. The summed E-state index contributed by atoms with van der Waals surface area (Å²) in [5, 5.41) is 0. The van der Waals surface area contributed by atoms with Crippen molar-refractivity contribution in [2.24, 2.45) is 0 Å². The molecule has 0 saturated carbocycles. The molecule has 2 rings (SSSR count). The van der Waals surface area contributed by atoms with E-state index in [1.54, 1.807) is 12.1 Å². The van der Waals surface area contributed by atoms with Crippen LogP contribution in [0, 0.1) is 0 Å². The van der Waals surface area contributed by atoms with E-state index in [0.29, 0.717) is 10.4 Å². The second-order valence-electron chi connectivity index (χ2n) is 5.51. The summed E-state index contributed by atoms with van der Waals surface area (Å²) in [6.07, 6.45) is 5.88. The highest BCUT2D eigenvalue weighted by atomic mass is 79.9. The van der Waals surface area contributed by atoms with Crippen LogP contribution in [-0.2, 0) is 14.3 Å². The number of piperidine rings is 1. The van der Waals surface area contributed by atoms with Gasteiger partial charge in [-0.3, -0.25) is 4.79 Å². The van der Waals surface area contributed by atoms with Gasteiger partial charge in [0.2, 0.25) is 0 Å². The highest BCUT2D eigenvalue weighted by Crippen LogP contribution is 2.22. The zero-order valence-electron chi connectivity index (χ0n) is 12.8. The lowest BCUT2D eigenvalue weighted by molar-refractivity contribution is -0.151. The molecule has 0 unspecified atom stereocenters. The number of rotatable bonds is 4. The van der Waals surface area contributed by atoms with E-state index in [-0.39, 0.29) is 24.6 Å². The topological polar surface area (TPSA) is 59.8 Å². The molecule has 0 radical (unpaired) electrons. The summed E-state index contributed by atoms with van der Waals surface area (Å²) >= 11 is 3.18. The summed E-state index contributed by atoms with van der Waals surface area (Å²) in [6.45, 7) is 3.84. The Labute approximate surface area is 138 Å². The molecule has 2 atom stereocenters. The van der Waals surface area contributed by atoms with Crippen LogP contribution >= 0.6 is 15.9 Å². The van der Waals surface area contributed by atoms with E-state index in [1.807, 2.05) is 18.7 Å². The molecule has 2 heterocycles. The second-order valence-corrected chi connectivity index (χ2v) is 6.29. The first-order valence-corrected chi connectivity index (χ1v) is 8.18. The van der Waals surface area contributed by atoms with Gasteiger partial charge in [-0.25, -0.2) is 4.79 Å². The monoisotopic (exact) mass is 369 g/mol. The van der Waals surface area contributed by atoms with E-state index < -0.39 is 5.97 Å². The summed E-state index contributed by atoms with van der Waals surface area (Å²) in [5.74, 6) is -0.159. The van der Waals surface area contributed by atoms with Crippen LogP contribution in [0.5, 0.6) is 0 Å². The molecule has 1 saturated heterocycles. The fourth-order valence-corrected chi connectivity index (χ4v) is 3.06. The minimum absolute atomic E-state index is 0.137. The summed E-state index contributed by atoms with van der Waals surface area (Å²) < 4.78 is 10.8. The van der Waals surface area contributed by atoms with Gasteiger partial charge < -0.3 is 14.1 Å². The predicted molar refractivity (Wildman–Crippen MR) is 86.0 cm³/mol. The van der Waals surface area contributed by atoms with Gasteiger partial charge in [-0.2, -0.15) is 0 Å². The molecule has 0 aromatic carbocycles. The Balaban J connectivity index is 1.82. The SMILES string of the molecule is C[C@H]1CCC[C@H](C)N1C(=O)COC(=O)/C=C/c1ccc(Br)o1. The van der Waals surface area contributed by atoms with E-state index in [2.05, 4.69) is 15.9 Å². The number of halogens is 1. The number of ether oxygens (including phenoxy) is 1. The number of likely N-dealkylation sites (tertiary alicyclic amines) is 1. The number of esters is 1. The van der Waals surface area contributed by atoms with E-state index in [0.717, 1.165) is 19.3 Å². The lowest BCUT2D eigenvalue weighted by Crippen LogP contribution is -2.49. The molecule has 6 heteroatoms. The molecule has 22 heavy (non-hydrogen) atoms. The molecule has 1 aliphatic rings. The van der Waals surface area contributed by atoms with Gasteiger partial charge in [0.25, 0.3) is 5.91 Å². The summed E-state index contributed by atoms with van der Waals surface area (Å²) in [5.41, 5.74) is 0. The molecule has 0 spiro atoms. The summed E-state index contributed by atoms with van der Waals surface area (Å²) in [7, 11) is 0. The van der Waals surface area contributed by atoms with Gasteiger partial charge in [0.05, 0.1) is 0 Å². The van der Waals surface area contributed by atoms with Gasteiger partial charge in [-0.05, 0) is 67.2 Å². The van der Waals surface area contributed by atoms with Crippen molar-refractivity contribution >= 4 is 33.9 Å². The smallest absolute Gasteiger partial charge is 0.331 e. The Morgan fingerprint density at radius 1 is 1.36 bits per heavy atom. The Morgan fingerprint density at radius 2 is 2.05 bits per heavy atom. The van der Waals surface area contributed by atoms with Crippen LogP contribution in [-0.4, -0.2) is 35.5 Å². The molecule has 0 N–H and O–H groups in total. The first-order chi connectivity index (χ1) is 10.5. The molecule has 1 aromatic heterocycles. The molecule has 1 fully saturated rings. The number of carbonyl (C=O) groups excluding carboxylic acids is 2. The number of carbonyl (C=O) groups is 2.